The van der Waals surface area contributed by atoms with Crippen LogP contribution in [0, 0.1) is 0 Å². The summed E-state index contributed by atoms with van der Waals surface area (Å²) in [6.07, 6.45) is 0.288. The monoisotopic (exact) mass is 229 g/mol. The fraction of sp³-hybridized carbons (Fsp3) is 0.455. The molecule has 0 radical (unpaired) electrons. The van der Waals surface area contributed by atoms with E-state index in [0.717, 1.165) is 5.56 Å². The second-order valence-electron chi connectivity index (χ2n) is 3.34. The van der Waals surface area contributed by atoms with Crippen LogP contribution in [0.5, 0.6) is 0 Å². The van der Waals surface area contributed by atoms with Crippen molar-refractivity contribution in [1.82, 2.24) is 0 Å². The average Bonchev–Trinajstić information content (AvgIpc) is 2.19. The van der Waals surface area contributed by atoms with Crippen molar-refractivity contribution in [2.45, 2.75) is 18.8 Å². The topological polar surface area (TPSA) is 44.5 Å². The first kappa shape index (κ1) is 12.5. The zero-order chi connectivity index (χ0) is 11.3. The number of hydrogen-bond donors (Lipinski definition) is 1. The summed E-state index contributed by atoms with van der Waals surface area (Å²) in [5.41, 5.74) is 7.01. The molecule has 2 N–H and O–H groups in total. The molecule has 0 aliphatic carbocycles. The van der Waals surface area contributed by atoms with Crippen molar-refractivity contribution in [2.24, 2.45) is 5.73 Å². The highest BCUT2D eigenvalue weighted by molar-refractivity contribution is 6.30. The van der Waals surface area contributed by atoms with E-state index in [2.05, 4.69) is 0 Å². The number of hydrogen-bond acceptors (Lipinski definition) is 3. The highest BCUT2D eigenvalue weighted by Crippen LogP contribution is 2.13. The van der Waals surface area contributed by atoms with Gasteiger partial charge >= 0.3 is 0 Å². The Kier molecular flexibility index (Phi) is 5.05. The molecule has 0 heterocycles. The lowest BCUT2D eigenvalue weighted by atomic mass is 10.1. The first-order chi connectivity index (χ1) is 7.17. The first-order valence-electron chi connectivity index (χ1n) is 4.73. The molecule has 1 unspecified atom stereocenters. The van der Waals surface area contributed by atoms with Gasteiger partial charge in [-0.25, -0.2) is 0 Å². The summed E-state index contributed by atoms with van der Waals surface area (Å²) in [6.45, 7) is 0. The van der Waals surface area contributed by atoms with E-state index in [1.54, 1.807) is 14.2 Å². The summed E-state index contributed by atoms with van der Waals surface area (Å²) >= 11 is 5.87. The van der Waals surface area contributed by atoms with Gasteiger partial charge in [-0.2, -0.15) is 0 Å². The lowest BCUT2D eigenvalue weighted by Crippen LogP contribution is -2.39. The molecule has 0 aliphatic heterocycles. The SMILES string of the molecule is COC(OC)C(N)Cc1cccc(Cl)c1. The normalized spacial score (nSPS) is 13.1. The third-order valence-electron chi connectivity index (χ3n) is 2.17. The first-order valence-corrected chi connectivity index (χ1v) is 5.10. The number of benzene rings is 1. The molecule has 1 rings (SSSR count). The molecule has 3 nitrogen and oxygen atoms in total. The minimum Gasteiger partial charge on any atom is -0.354 e. The highest BCUT2D eigenvalue weighted by Gasteiger charge is 2.16. The summed E-state index contributed by atoms with van der Waals surface area (Å²) in [4.78, 5) is 0. The van der Waals surface area contributed by atoms with E-state index < -0.39 is 0 Å². The predicted octanol–water partition coefficient (Wildman–Crippen LogP) is 1.83. The van der Waals surface area contributed by atoms with Crippen molar-refractivity contribution < 1.29 is 9.47 Å². The fourth-order valence-electron chi connectivity index (χ4n) is 1.48. The van der Waals surface area contributed by atoms with Gasteiger partial charge in [-0.05, 0) is 24.1 Å². The maximum Gasteiger partial charge on any atom is 0.172 e. The van der Waals surface area contributed by atoms with Gasteiger partial charge in [0.25, 0.3) is 0 Å². The maximum absolute atomic E-state index is 5.93. The van der Waals surface area contributed by atoms with E-state index in [9.17, 15) is 0 Å². The Balaban J connectivity index is 2.61. The van der Waals surface area contributed by atoms with Crippen molar-refractivity contribution in [3.8, 4) is 0 Å². The molecule has 84 valence electrons. The molecule has 0 spiro atoms. The Morgan fingerprint density at radius 2 is 2.00 bits per heavy atom. The molecular weight excluding hydrogens is 214 g/mol. The minimum atomic E-state index is -0.385. The fourth-order valence-corrected chi connectivity index (χ4v) is 1.69. The van der Waals surface area contributed by atoms with Crippen molar-refractivity contribution in [3.63, 3.8) is 0 Å². The lowest BCUT2D eigenvalue weighted by molar-refractivity contribution is -0.115. The van der Waals surface area contributed by atoms with E-state index in [1.165, 1.54) is 0 Å². The Labute approximate surface area is 95.1 Å². The maximum atomic E-state index is 5.93. The Bertz CT molecular complexity index is 302. The standard InChI is InChI=1S/C11H16ClNO2/c1-14-11(15-2)10(13)7-8-4-3-5-9(12)6-8/h3-6,10-11H,7,13H2,1-2H3. The summed E-state index contributed by atoms with van der Waals surface area (Å²) in [6, 6.07) is 7.41. The molecule has 15 heavy (non-hydrogen) atoms. The number of ether oxygens (including phenoxy) is 2. The van der Waals surface area contributed by atoms with E-state index in [1.807, 2.05) is 24.3 Å². The summed E-state index contributed by atoms with van der Waals surface area (Å²) in [7, 11) is 3.15. The molecule has 0 saturated carbocycles. The third kappa shape index (κ3) is 3.80. The predicted molar refractivity (Wildman–Crippen MR) is 60.9 cm³/mol. The molecule has 1 atom stereocenters. The van der Waals surface area contributed by atoms with Crippen LogP contribution in [0.15, 0.2) is 24.3 Å². The Morgan fingerprint density at radius 1 is 1.33 bits per heavy atom. The van der Waals surface area contributed by atoms with E-state index >= 15 is 0 Å². The molecule has 0 aliphatic rings. The molecule has 1 aromatic carbocycles. The number of nitrogens with two attached hydrogens (primary N) is 1. The third-order valence-corrected chi connectivity index (χ3v) is 2.41. The van der Waals surface area contributed by atoms with Crippen molar-refractivity contribution >= 4 is 11.6 Å². The van der Waals surface area contributed by atoms with Crippen LogP contribution in [0.25, 0.3) is 0 Å². The van der Waals surface area contributed by atoms with Crippen LogP contribution in [0.2, 0.25) is 5.02 Å². The average molecular weight is 230 g/mol. The molecule has 0 aromatic heterocycles. The van der Waals surface area contributed by atoms with Gasteiger partial charge in [0.05, 0.1) is 6.04 Å². The molecule has 0 saturated heterocycles. The van der Waals surface area contributed by atoms with Gasteiger partial charge in [0, 0.05) is 19.2 Å². The molecule has 1 aromatic rings. The van der Waals surface area contributed by atoms with Gasteiger partial charge in [-0.1, -0.05) is 23.7 Å². The van der Waals surface area contributed by atoms with Crippen LogP contribution in [-0.2, 0) is 15.9 Å². The van der Waals surface area contributed by atoms with Crippen LogP contribution in [0.1, 0.15) is 5.56 Å². The molecule has 0 fully saturated rings. The van der Waals surface area contributed by atoms with Gasteiger partial charge in [0.15, 0.2) is 6.29 Å². The lowest BCUT2D eigenvalue weighted by Gasteiger charge is -2.20. The number of methoxy groups -OCH3 is 2. The second kappa shape index (κ2) is 6.08. The largest absolute Gasteiger partial charge is 0.354 e. The Morgan fingerprint density at radius 3 is 2.53 bits per heavy atom. The van der Waals surface area contributed by atoms with Gasteiger partial charge in [0.2, 0.25) is 0 Å². The quantitative estimate of drug-likeness (QED) is 0.784. The van der Waals surface area contributed by atoms with Gasteiger partial charge in [-0.3, -0.25) is 0 Å². The molecular formula is C11H16ClNO2. The zero-order valence-corrected chi connectivity index (χ0v) is 9.70. The van der Waals surface area contributed by atoms with Crippen molar-refractivity contribution in [1.29, 1.82) is 0 Å². The Hall–Kier alpha value is -0.610. The zero-order valence-electron chi connectivity index (χ0n) is 8.94. The summed E-state index contributed by atoms with van der Waals surface area (Å²) < 4.78 is 10.2. The van der Waals surface area contributed by atoms with Gasteiger partial charge in [-0.15, -0.1) is 0 Å². The number of rotatable bonds is 5. The van der Waals surface area contributed by atoms with Crippen LogP contribution in [0.3, 0.4) is 0 Å². The summed E-state index contributed by atoms with van der Waals surface area (Å²) in [5.74, 6) is 0. The van der Waals surface area contributed by atoms with Gasteiger partial charge in [0.1, 0.15) is 0 Å². The molecule has 0 amide bonds. The van der Waals surface area contributed by atoms with E-state index in [-0.39, 0.29) is 12.3 Å². The van der Waals surface area contributed by atoms with E-state index in [4.69, 9.17) is 26.8 Å². The van der Waals surface area contributed by atoms with Crippen LogP contribution >= 0.6 is 11.6 Å². The molecule has 4 heteroatoms. The van der Waals surface area contributed by atoms with Gasteiger partial charge < -0.3 is 15.2 Å². The number of halogens is 1. The van der Waals surface area contributed by atoms with Crippen molar-refractivity contribution in [2.75, 3.05) is 14.2 Å². The second-order valence-corrected chi connectivity index (χ2v) is 3.77. The highest BCUT2D eigenvalue weighted by atomic mass is 35.5. The van der Waals surface area contributed by atoms with Crippen LogP contribution in [0.4, 0.5) is 0 Å². The summed E-state index contributed by atoms with van der Waals surface area (Å²) in [5, 5.41) is 0.714. The minimum absolute atomic E-state index is 0.196. The smallest absolute Gasteiger partial charge is 0.172 e. The van der Waals surface area contributed by atoms with Crippen molar-refractivity contribution in [3.05, 3.63) is 34.9 Å². The van der Waals surface area contributed by atoms with Crippen LogP contribution in [-0.4, -0.2) is 26.6 Å². The van der Waals surface area contributed by atoms with Crippen LogP contribution < -0.4 is 5.73 Å². The van der Waals surface area contributed by atoms with E-state index in [0.29, 0.717) is 11.4 Å². The molecule has 0 bridgehead atoms.